The fraction of sp³-hybridized carbons (Fsp3) is 0. The predicted molar refractivity (Wildman–Crippen MR) is 50.7 cm³/mol. The van der Waals surface area contributed by atoms with Crippen LogP contribution in [0.15, 0.2) is 0 Å². The van der Waals surface area contributed by atoms with Gasteiger partial charge >= 0.3 is 116 Å². The van der Waals surface area contributed by atoms with Gasteiger partial charge in [-0.3, -0.25) is 0 Å². The normalized spacial score (nSPS) is 5.71. The third-order valence-electron chi connectivity index (χ3n) is 0.341. The molecule has 0 bridgehead atoms. The first-order valence-corrected chi connectivity index (χ1v) is 1.88. The molecule has 0 saturated heterocycles. The van der Waals surface area contributed by atoms with Gasteiger partial charge in [-0.25, -0.2) is 14.4 Å². The van der Waals surface area contributed by atoms with Crippen molar-refractivity contribution in [2.75, 3.05) is 0 Å². The van der Waals surface area contributed by atoms with E-state index < -0.39 is 18.5 Å². The number of carbonyl (C=O) groups is 3. The molecule has 0 unspecified atom stereocenters. The average Bonchev–Trinajstić information content (AvgIpc) is 1.58. The maximum atomic E-state index is 9.86. The molecule has 0 atom stereocenters. The molecule has 0 heterocycles. The molecule has 0 aromatic rings. The summed E-state index contributed by atoms with van der Waals surface area (Å²) >= 11 is 0. The van der Waals surface area contributed by atoms with Gasteiger partial charge in [-0.1, -0.05) is 0 Å². The van der Waals surface area contributed by atoms with Gasteiger partial charge in [0.15, 0.2) is 0 Å². The van der Waals surface area contributed by atoms with Crippen LogP contribution < -0.4 is 12.3 Å². The van der Waals surface area contributed by atoms with Crippen molar-refractivity contribution < 1.29 is 34.1 Å². The molecule has 8 N–H and O–H groups in total. The zero-order valence-electron chi connectivity index (χ0n) is 5.85. The zero-order valence-corrected chi connectivity index (χ0v) is 5.85. The topological polar surface area (TPSA) is 180 Å². The first-order chi connectivity index (χ1) is 4.52. The summed E-state index contributed by atoms with van der Waals surface area (Å²) in [5.74, 6) is 0. The van der Waals surface area contributed by atoms with Crippen molar-refractivity contribution in [2.45, 2.75) is 0 Å². The molecule has 0 radical (unpaired) electrons. The van der Waals surface area contributed by atoms with Crippen molar-refractivity contribution in [3.05, 3.63) is 0 Å². The van der Waals surface area contributed by atoms with Gasteiger partial charge in [0.1, 0.15) is 0 Å². The second kappa shape index (κ2) is 16.7. The number of hydrogen-bond acceptors (Lipinski definition) is 7. The fourth-order valence-electron chi connectivity index (χ4n) is 0.163. The van der Waals surface area contributed by atoms with Crippen LogP contribution in [0.3, 0.4) is 0 Å². The van der Waals surface area contributed by atoms with E-state index in [-0.39, 0.29) is 110 Å². The van der Waals surface area contributed by atoms with Crippen molar-refractivity contribution in [2.24, 2.45) is 0 Å². The summed E-state index contributed by atoms with van der Waals surface area (Å²) in [4.78, 5) is 28.8. The summed E-state index contributed by atoms with van der Waals surface area (Å²) in [5, 5.41) is 15.4. The molecular formula is C3H12Ba2N2O7. The van der Waals surface area contributed by atoms with Crippen LogP contribution in [0, 0.1) is 0 Å². The number of hydrogen-bond donors (Lipinski definition) is 4. The second-order valence-electron chi connectivity index (χ2n) is 0.986. The van der Waals surface area contributed by atoms with Gasteiger partial charge in [0.25, 0.3) is 0 Å². The first-order valence-electron chi connectivity index (χ1n) is 1.88. The minimum absolute atomic E-state index is 0. The van der Waals surface area contributed by atoms with Crippen LogP contribution in [0.1, 0.15) is 0 Å². The summed E-state index contributed by atoms with van der Waals surface area (Å²) in [6.07, 6.45) is -5.64. The molecule has 0 aliphatic rings. The van der Waals surface area contributed by atoms with Gasteiger partial charge in [0.2, 0.25) is 0 Å². The second-order valence-corrected chi connectivity index (χ2v) is 0.986. The molecule has 0 saturated carbocycles. The van der Waals surface area contributed by atoms with E-state index in [1.807, 2.05) is 0 Å². The molecule has 9 nitrogen and oxygen atoms in total. The van der Waals surface area contributed by atoms with E-state index in [2.05, 4.69) is 9.47 Å². The number of ether oxygens (including phenoxy) is 2. The summed E-state index contributed by atoms with van der Waals surface area (Å²) < 4.78 is 6.47. The first kappa shape index (κ1) is 29.5. The quantitative estimate of drug-likeness (QED) is 0.199. The third-order valence-corrected chi connectivity index (χ3v) is 0.341. The Hall–Kier alpha value is 1.27. The van der Waals surface area contributed by atoms with E-state index in [0.29, 0.717) is 0 Å². The molecule has 11 heteroatoms. The van der Waals surface area contributed by atoms with Crippen LogP contribution in [-0.4, -0.2) is 126 Å². The molecule has 0 spiro atoms. The van der Waals surface area contributed by atoms with E-state index in [1.54, 1.807) is 0 Å². The molecule has 0 aliphatic heterocycles. The Morgan fingerprint density at radius 1 is 0.786 bits per heavy atom. The van der Waals surface area contributed by atoms with E-state index >= 15 is 0 Å². The molecule has 0 rings (SSSR count). The number of carboxylic acid groups (broad SMARTS) is 2. The average molecular weight is 463 g/mol. The summed E-state index contributed by atoms with van der Waals surface area (Å²) in [6.45, 7) is 0. The summed E-state index contributed by atoms with van der Waals surface area (Å²) in [6, 6.07) is 0. The van der Waals surface area contributed by atoms with Gasteiger partial charge in [0, 0.05) is 0 Å². The Morgan fingerprint density at radius 2 is 1.00 bits per heavy atom. The molecule has 0 aromatic carbocycles. The van der Waals surface area contributed by atoms with Crippen LogP contribution in [0.2, 0.25) is 0 Å². The Labute approximate surface area is 159 Å². The van der Waals surface area contributed by atoms with Gasteiger partial charge < -0.3 is 32.0 Å². The van der Waals surface area contributed by atoms with Gasteiger partial charge in [-0.15, -0.1) is 0 Å². The number of rotatable bonds is 0. The molecule has 0 amide bonds. The van der Waals surface area contributed by atoms with E-state index in [4.69, 9.17) is 10.2 Å². The van der Waals surface area contributed by atoms with Crippen LogP contribution in [0.5, 0.6) is 0 Å². The van der Waals surface area contributed by atoms with E-state index in [0.717, 1.165) is 0 Å². The van der Waals surface area contributed by atoms with Crippen LogP contribution in [0.4, 0.5) is 14.4 Å². The Morgan fingerprint density at radius 3 is 1.14 bits per heavy atom. The molecule has 0 aromatic heterocycles. The number of carbonyl (C=O) groups excluding carboxylic acids is 1. The molecule has 14 heavy (non-hydrogen) atoms. The standard InChI is InChI=1S/C3H2O7.2Ba.2H3N.4H/c4-1(5)9-3(8)10-2(6)7;;;;;;;;/h(H,4,5)(H,6,7);;;2*1H3;;;;. The van der Waals surface area contributed by atoms with Crippen LogP contribution in [-0.2, 0) is 9.47 Å². The molecule has 0 fully saturated rings. The van der Waals surface area contributed by atoms with Gasteiger partial charge in [0.05, 0.1) is 0 Å². The van der Waals surface area contributed by atoms with Crippen molar-refractivity contribution in [1.82, 2.24) is 12.3 Å². The maximum absolute atomic E-state index is 9.86. The van der Waals surface area contributed by atoms with Crippen molar-refractivity contribution in [1.29, 1.82) is 0 Å². The molecular weight excluding hydrogens is 451 g/mol. The molecule has 80 valence electrons. The van der Waals surface area contributed by atoms with E-state index in [1.165, 1.54) is 0 Å². The minimum atomic E-state index is -1.92. The SMILES string of the molecule is N.N.O=C(O)OC(=O)OC(=O)O.[BaH2].[BaH2]. The Bertz CT molecular complexity index is 168. The molecule has 0 aliphatic carbocycles. The Balaban J connectivity index is -0.0000000675. The fourth-order valence-corrected chi connectivity index (χ4v) is 0.163. The van der Waals surface area contributed by atoms with E-state index in [9.17, 15) is 14.4 Å². The van der Waals surface area contributed by atoms with Gasteiger partial charge in [-0.05, 0) is 0 Å². The van der Waals surface area contributed by atoms with Gasteiger partial charge in [-0.2, -0.15) is 0 Å². The van der Waals surface area contributed by atoms with Crippen molar-refractivity contribution in [3.63, 3.8) is 0 Å². The van der Waals surface area contributed by atoms with Crippen LogP contribution >= 0.6 is 0 Å². The van der Waals surface area contributed by atoms with Crippen molar-refractivity contribution >= 4 is 116 Å². The summed E-state index contributed by atoms with van der Waals surface area (Å²) in [5.41, 5.74) is 0. The summed E-state index contributed by atoms with van der Waals surface area (Å²) in [7, 11) is 0. The van der Waals surface area contributed by atoms with Crippen LogP contribution in [0.25, 0.3) is 0 Å². The Kier molecular flexibility index (Phi) is 35.2. The zero-order chi connectivity index (χ0) is 8.15. The monoisotopic (exact) mass is 464 g/mol. The third kappa shape index (κ3) is 23.3. The predicted octanol–water partition coefficient (Wildman–Crippen LogP) is -1.01. The van der Waals surface area contributed by atoms with Crippen molar-refractivity contribution in [3.8, 4) is 0 Å².